The summed E-state index contributed by atoms with van der Waals surface area (Å²) >= 11 is 11.9. The van der Waals surface area contributed by atoms with Crippen LogP contribution in [-0.4, -0.2) is 108 Å². The fourth-order valence-corrected chi connectivity index (χ4v) is 22.7. The minimum absolute atomic E-state index is 0.765. The molecule has 212 valence electrons. The van der Waals surface area contributed by atoms with Crippen molar-refractivity contribution in [3.05, 3.63) is 0 Å². The van der Waals surface area contributed by atoms with Gasteiger partial charge < -0.3 is 39.8 Å². The van der Waals surface area contributed by atoms with Gasteiger partial charge in [0.1, 0.15) is 3.64 Å². The van der Waals surface area contributed by atoms with Crippen molar-refractivity contribution >= 4 is 76.0 Å². The summed E-state index contributed by atoms with van der Waals surface area (Å²) in [6.45, 7) is 0. The Morgan fingerprint density at radius 3 is 0.829 bits per heavy atom. The summed E-state index contributed by atoms with van der Waals surface area (Å²) in [6, 6.07) is 2.30. The maximum absolute atomic E-state index is 6.23. The Bertz CT molecular complexity index is 489. The molecule has 0 aromatic rings. The van der Waals surface area contributed by atoms with Gasteiger partial charge in [-0.15, -0.1) is 34.1 Å². The van der Waals surface area contributed by atoms with Gasteiger partial charge in [0.15, 0.2) is 0 Å². The number of rotatable bonds is 24. The summed E-state index contributed by atoms with van der Waals surface area (Å²) in [5, 5.41) is 0. The molecule has 0 spiro atoms. The van der Waals surface area contributed by atoms with E-state index >= 15 is 0 Å². The van der Waals surface area contributed by atoms with Crippen LogP contribution in [0.2, 0.25) is 18.1 Å². The van der Waals surface area contributed by atoms with E-state index in [0.717, 1.165) is 54.7 Å². The predicted molar refractivity (Wildman–Crippen MR) is 160 cm³/mol. The largest absolute Gasteiger partial charge is 0.500 e. The minimum atomic E-state index is -2.57. The van der Waals surface area contributed by atoms with Gasteiger partial charge in [-0.05, 0) is 36.5 Å². The Labute approximate surface area is 233 Å². The normalized spacial score (nSPS) is 13.5. The van der Waals surface area contributed by atoms with Crippen LogP contribution >= 0.6 is 37.8 Å². The van der Waals surface area contributed by atoms with E-state index in [1.165, 1.54) is 0 Å². The molecule has 0 atom stereocenters. The topological polar surface area (TPSA) is 83.1 Å². The highest BCUT2D eigenvalue weighted by Crippen LogP contribution is 2.78. The van der Waals surface area contributed by atoms with Crippen LogP contribution in [0.5, 0.6) is 0 Å². The van der Waals surface area contributed by atoms with Gasteiger partial charge in [0, 0.05) is 82.1 Å². The van der Waals surface area contributed by atoms with Gasteiger partial charge in [0.25, 0.3) is 0 Å². The van der Waals surface area contributed by atoms with Crippen LogP contribution in [0.4, 0.5) is 0 Å². The first-order valence-electron chi connectivity index (χ1n) is 11.2. The van der Waals surface area contributed by atoms with Crippen LogP contribution < -0.4 is 0 Å². The zero-order valence-electron chi connectivity index (χ0n) is 22.6. The smallest absolute Gasteiger partial charge is 0.377 e. The first kappa shape index (κ1) is 37.0. The molecule has 35 heavy (non-hydrogen) atoms. The molecule has 0 aliphatic carbocycles. The molecule has 0 aromatic carbocycles. The fraction of sp³-hybridized carbons (Fsp3) is 1.00. The summed E-state index contributed by atoms with van der Waals surface area (Å²) in [6.07, 6.45) is 2.77. The van der Waals surface area contributed by atoms with Crippen LogP contribution in [0, 0.1) is 0 Å². The van der Waals surface area contributed by atoms with Gasteiger partial charge in [-0.2, -0.15) is 0 Å². The molecule has 0 heterocycles. The second-order valence-electron chi connectivity index (χ2n) is 7.14. The first-order valence-corrected chi connectivity index (χ1v) is 24.5. The molecular weight excluding hydrogens is 604 g/mol. The number of hydrogen-bond donors (Lipinski definition) is 0. The molecule has 0 saturated carbocycles. The first-order chi connectivity index (χ1) is 16.7. The fourth-order valence-electron chi connectivity index (χ4n) is 3.18. The molecule has 0 saturated heterocycles. The molecule has 9 nitrogen and oxygen atoms in total. The Morgan fingerprint density at radius 1 is 0.457 bits per heavy atom. The standard InChI is InChI=1S/C18H45O9PS4Si3/c1-19-33(20-2,21-3)16-10-13-30-28(29,31-14-11-17-34(22-4,23-5)24-6)32-15-12-18-35(25-7,26-8)27-9/h10-18H2,1-9H3. The van der Waals surface area contributed by atoms with Crippen molar-refractivity contribution in [2.45, 2.75) is 37.4 Å². The summed E-state index contributed by atoms with van der Waals surface area (Å²) in [5.74, 6) is 2.80. The Balaban J connectivity index is 4.98. The molecule has 0 aliphatic rings. The lowest BCUT2D eigenvalue weighted by molar-refractivity contribution is 0.123. The molecular formula is C18H45O9PS4Si3. The van der Waals surface area contributed by atoms with Crippen molar-refractivity contribution in [2.75, 3.05) is 81.2 Å². The summed E-state index contributed by atoms with van der Waals surface area (Å²) in [7, 11) is 7.13. The highest BCUT2D eigenvalue weighted by Gasteiger charge is 2.39. The van der Waals surface area contributed by atoms with Crippen molar-refractivity contribution in [3.8, 4) is 0 Å². The predicted octanol–water partition coefficient (Wildman–Crippen LogP) is 5.22. The lowest BCUT2D eigenvalue weighted by Crippen LogP contribution is -2.42. The van der Waals surface area contributed by atoms with Crippen LogP contribution in [0.1, 0.15) is 19.3 Å². The van der Waals surface area contributed by atoms with Gasteiger partial charge in [-0.3, -0.25) is 0 Å². The van der Waals surface area contributed by atoms with Gasteiger partial charge in [0.2, 0.25) is 0 Å². The van der Waals surface area contributed by atoms with E-state index in [-0.39, 0.29) is 0 Å². The van der Waals surface area contributed by atoms with Gasteiger partial charge in [-0.25, -0.2) is 0 Å². The average molecular weight is 649 g/mol. The van der Waals surface area contributed by atoms with E-state index in [0.29, 0.717) is 0 Å². The van der Waals surface area contributed by atoms with Gasteiger partial charge in [-0.1, -0.05) is 11.8 Å². The third kappa shape index (κ3) is 13.3. The van der Waals surface area contributed by atoms with E-state index in [9.17, 15) is 0 Å². The molecule has 17 heteroatoms. The van der Waals surface area contributed by atoms with E-state index in [1.54, 1.807) is 64.0 Å². The molecule has 0 aliphatic heterocycles. The lowest BCUT2D eigenvalue weighted by atomic mass is 10.6. The summed E-state index contributed by atoms with van der Waals surface area (Å²) in [5.41, 5.74) is 0. The zero-order valence-corrected chi connectivity index (χ0v) is 29.8. The lowest BCUT2D eigenvalue weighted by Gasteiger charge is -2.26. The van der Waals surface area contributed by atoms with E-state index in [4.69, 9.17) is 51.6 Å². The van der Waals surface area contributed by atoms with Gasteiger partial charge >= 0.3 is 26.4 Å². The van der Waals surface area contributed by atoms with Crippen molar-refractivity contribution in [2.24, 2.45) is 0 Å². The molecule has 0 bridgehead atoms. The maximum Gasteiger partial charge on any atom is 0.500 e. The summed E-state index contributed by atoms with van der Waals surface area (Å²) in [4.78, 5) is 0. The monoisotopic (exact) mass is 648 g/mol. The van der Waals surface area contributed by atoms with Gasteiger partial charge in [0.05, 0.1) is 0 Å². The van der Waals surface area contributed by atoms with Crippen LogP contribution in [0.3, 0.4) is 0 Å². The molecule has 0 aromatic heterocycles. The third-order valence-corrected chi connectivity index (χ3v) is 29.3. The molecule has 0 rings (SSSR count). The van der Waals surface area contributed by atoms with E-state index < -0.39 is 30.1 Å². The number of hydrogen-bond acceptors (Lipinski definition) is 13. The van der Waals surface area contributed by atoms with Crippen molar-refractivity contribution in [1.82, 2.24) is 0 Å². The molecule has 0 radical (unpaired) electrons. The van der Waals surface area contributed by atoms with E-state index in [2.05, 4.69) is 0 Å². The van der Waals surface area contributed by atoms with Crippen LogP contribution in [0.25, 0.3) is 0 Å². The highest BCUT2D eigenvalue weighted by atomic mass is 33.5. The highest BCUT2D eigenvalue weighted by molar-refractivity contribution is 9.23. The molecule has 0 N–H and O–H groups in total. The maximum atomic E-state index is 6.23. The second kappa shape index (κ2) is 20.0. The zero-order chi connectivity index (χ0) is 26.8. The minimum Gasteiger partial charge on any atom is -0.377 e. The Hall–Kier alpha value is 1.99. The van der Waals surface area contributed by atoms with Crippen LogP contribution in [-0.2, 0) is 51.6 Å². The molecule has 0 fully saturated rings. The summed E-state index contributed by atoms with van der Waals surface area (Å²) < 4.78 is 48.2. The Kier molecular flexibility index (Phi) is 21.1. The molecule has 0 amide bonds. The Morgan fingerprint density at radius 2 is 0.657 bits per heavy atom. The SMILES string of the molecule is CO[Si](CCCSP(=S)(SCCC[Si](OC)(OC)OC)SCCC[Si](OC)(OC)OC)(OC)OC. The van der Waals surface area contributed by atoms with Crippen molar-refractivity contribution < 1.29 is 39.8 Å². The second-order valence-corrected chi connectivity index (χ2v) is 32.4. The molecule has 0 unspecified atom stereocenters. The average Bonchev–Trinajstić information content (AvgIpc) is 2.90. The van der Waals surface area contributed by atoms with E-state index in [1.807, 2.05) is 34.1 Å². The van der Waals surface area contributed by atoms with Crippen molar-refractivity contribution in [3.63, 3.8) is 0 Å². The van der Waals surface area contributed by atoms with Crippen LogP contribution in [0.15, 0.2) is 0 Å². The van der Waals surface area contributed by atoms with Crippen molar-refractivity contribution in [1.29, 1.82) is 0 Å². The third-order valence-electron chi connectivity index (χ3n) is 5.43. The quantitative estimate of drug-likeness (QED) is 0.0781.